The van der Waals surface area contributed by atoms with Crippen LogP contribution in [-0.2, 0) is 6.54 Å². The summed E-state index contributed by atoms with van der Waals surface area (Å²) in [5, 5.41) is 13.6. The minimum absolute atomic E-state index is 0.496. The van der Waals surface area contributed by atoms with Crippen molar-refractivity contribution < 1.29 is 0 Å². The predicted molar refractivity (Wildman–Crippen MR) is 103 cm³/mol. The minimum Gasteiger partial charge on any atom is -0.296 e. The van der Waals surface area contributed by atoms with Gasteiger partial charge in [-0.05, 0) is 48.7 Å². The first-order chi connectivity index (χ1) is 12.8. The van der Waals surface area contributed by atoms with Crippen LogP contribution in [-0.4, -0.2) is 38.2 Å². The standard InChI is InChI=1S/C20H22ClN5/c21-18-11-9-16(10-12-18)19-8-4-13-25(19)14-5-15-26-23-20(22-24-26)17-6-2-1-3-7-17/h1-3,6-7,9-12,19H,4-5,8,13-15H2. The van der Waals surface area contributed by atoms with E-state index in [4.69, 9.17) is 11.6 Å². The Bertz CT molecular complexity index is 831. The van der Waals surface area contributed by atoms with Gasteiger partial charge in [0, 0.05) is 23.2 Å². The van der Waals surface area contributed by atoms with Crippen molar-refractivity contribution in [3.63, 3.8) is 0 Å². The van der Waals surface area contributed by atoms with E-state index in [0.717, 1.165) is 36.6 Å². The molecule has 1 fully saturated rings. The van der Waals surface area contributed by atoms with Crippen molar-refractivity contribution in [2.75, 3.05) is 13.1 Å². The molecule has 0 N–H and O–H groups in total. The molecule has 0 radical (unpaired) electrons. The van der Waals surface area contributed by atoms with Gasteiger partial charge >= 0.3 is 0 Å². The van der Waals surface area contributed by atoms with Gasteiger partial charge in [0.25, 0.3) is 0 Å². The van der Waals surface area contributed by atoms with Gasteiger partial charge in [0.15, 0.2) is 0 Å². The number of hydrogen-bond donors (Lipinski definition) is 0. The highest BCUT2D eigenvalue weighted by atomic mass is 35.5. The van der Waals surface area contributed by atoms with E-state index in [2.05, 4.69) is 32.4 Å². The third-order valence-electron chi connectivity index (χ3n) is 4.91. The molecule has 6 heteroatoms. The molecule has 1 aromatic heterocycles. The van der Waals surface area contributed by atoms with Crippen molar-refractivity contribution in [3.8, 4) is 11.4 Å². The molecule has 0 spiro atoms. The second-order valence-electron chi connectivity index (χ2n) is 6.67. The fraction of sp³-hybridized carbons (Fsp3) is 0.350. The lowest BCUT2D eigenvalue weighted by Gasteiger charge is -2.24. The van der Waals surface area contributed by atoms with Crippen LogP contribution < -0.4 is 0 Å². The molecule has 0 bridgehead atoms. The SMILES string of the molecule is Clc1ccc(C2CCCN2CCCn2nnc(-c3ccccc3)n2)cc1. The molecule has 5 nitrogen and oxygen atoms in total. The Hall–Kier alpha value is -2.24. The molecule has 26 heavy (non-hydrogen) atoms. The quantitative estimate of drug-likeness (QED) is 0.654. The molecular weight excluding hydrogens is 346 g/mol. The number of tetrazole rings is 1. The number of hydrogen-bond acceptors (Lipinski definition) is 4. The van der Waals surface area contributed by atoms with E-state index >= 15 is 0 Å². The predicted octanol–water partition coefficient (Wildman–Crippen LogP) is 4.22. The first-order valence-electron chi connectivity index (χ1n) is 9.12. The third kappa shape index (κ3) is 3.94. The molecule has 0 saturated carbocycles. The first kappa shape index (κ1) is 17.2. The molecule has 134 valence electrons. The number of benzene rings is 2. The third-order valence-corrected chi connectivity index (χ3v) is 5.16. The number of aryl methyl sites for hydroxylation is 1. The van der Waals surface area contributed by atoms with E-state index < -0.39 is 0 Å². The molecule has 2 heterocycles. The number of halogens is 1. The monoisotopic (exact) mass is 367 g/mol. The molecule has 3 aromatic rings. The Kier molecular flexibility index (Phi) is 5.27. The molecule has 4 rings (SSSR count). The zero-order valence-electron chi connectivity index (χ0n) is 14.6. The van der Waals surface area contributed by atoms with Crippen LogP contribution in [0.4, 0.5) is 0 Å². The van der Waals surface area contributed by atoms with Gasteiger partial charge in [0.2, 0.25) is 5.82 Å². The van der Waals surface area contributed by atoms with Gasteiger partial charge in [0.1, 0.15) is 0 Å². The zero-order chi connectivity index (χ0) is 17.8. The topological polar surface area (TPSA) is 46.8 Å². The summed E-state index contributed by atoms with van der Waals surface area (Å²) in [6.45, 7) is 2.96. The lowest BCUT2D eigenvalue weighted by molar-refractivity contribution is 0.245. The van der Waals surface area contributed by atoms with Crippen LogP contribution in [0.15, 0.2) is 54.6 Å². The number of aromatic nitrogens is 4. The van der Waals surface area contributed by atoms with Crippen LogP contribution in [0.3, 0.4) is 0 Å². The van der Waals surface area contributed by atoms with Crippen molar-refractivity contribution in [3.05, 3.63) is 65.2 Å². The average molecular weight is 368 g/mol. The summed E-state index contributed by atoms with van der Waals surface area (Å²) in [7, 11) is 0. The second kappa shape index (κ2) is 7.98. The molecule has 1 atom stereocenters. The summed E-state index contributed by atoms with van der Waals surface area (Å²) < 4.78 is 0. The maximum absolute atomic E-state index is 6.02. The Morgan fingerprint density at radius 1 is 1.00 bits per heavy atom. The number of likely N-dealkylation sites (tertiary alicyclic amines) is 1. The van der Waals surface area contributed by atoms with Crippen molar-refractivity contribution in [1.82, 2.24) is 25.1 Å². The Balaban J connectivity index is 1.33. The summed E-state index contributed by atoms with van der Waals surface area (Å²) in [6.07, 6.45) is 3.46. The van der Waals surface area contributed by atoms with E-state index in [1.807, 2.05) is 42.5 Å². The maximum Gasteiger partial charge on any atom is 0.204 e. The van der Waals surface area contributed by atoms with Gasteiger partial charge in [-0.25, -0.2) is 0 Å². The highest BCUT2D eigenvalue weighted by Crippen LogP contribution is 2.32. The van der Waals surface area contributed by atoms with Gasteiger partial charge in [-0.1, -0.05) is 54.1 Å². The molecule has 2 aromatic carbocycles. The summed E-state index contributed by atoms with van der Waals surface area (Å²) in [5.41, 5.74) is 2.36. The molecule has 1 saturated heterocycles. The zero-order valence-corrected chi connectivity index (χ0v) is 15.4. The minimum atomic E-state index is 0.496. The smallest absolute Gasteiger partial charge is 0.204 e. The molecule has 0 aliphatic carbocycles. The summed E-state index contributed by atoms with van der Waals surface area (Å²) in [6, 6.07) is 18.7. The normalized spacial score (nSPS) is 17.7. The Labute approximate surface area is 158 Å². The highest BCUT2D eigenvalue weighted by molar-refractivity contribution is 6.30. The Morgan fingerprint density at radius 2 is 1.81 bits per heavy atom. The summed E-state index contributed by atoms with van der Waals surface area (Å²) >= 11 is 6.02. The van der Waals surface area contributed by atoms with Crippen molar-refractivity contribution in [1.29, 1.82) is 0 Å². The van der Waals surface area contributed by atoms with Crippen LogP contribution in [0.2, 0.25) is 5.02 Å². The van der Waals surface area contributed by atoms with Crippen LogP contribution in [0.1, 0.15) is 30.9 Å². The van der Waals surface area contributed by atoms with Crippen LogP contribution in [0.5, 0.6) is 0 Å². The van der Waals surface area contributed by atoms with E-state index in [1.165, 1.54) is 18.4 Å². The lowest BCUT2D eigenvalue weighted by atomic mass is 10.0. The number of rotatable bonds is 6. The van der Waals surface area contributed by atoms with Crippen LogP contribution in [0.25, 0.3) is 11.4 Å². The lowest BCUT2D eigenvalue weighted by Crippen LogP contribution is -2.25. The van der Waals surface area contributed by atoms with Gasteiger partial charge < -0.3 is 0 Å². The second-order valence-corrected chi connectivity index (χ2v) is 7.11. The number of nitrogens with zero attached hydrogens (tertiary/aromatic N) is 5. The fourth-order valence-electron chi connectivity index (χ4n) is 3.61. The Morgan fingerprint density at radius 3 is 2.62 bits per heavy atom. The fourth-order valence-corrected chi connectivity index (χ4v) is 3.74. The van der Waals surface area contributed by atoms with Crippen LogP contribution >= 0.6 is 11.6 Å². The van der Waals surface area contributed by atoms with Crippen LogP contribution in [0, 0.1) is 0 Å². The van der Waals surface area contributed by atoms with Crippen molar-refractivity contribution >= 4 is 11.6 Å². The van der Waals surface area contributed by atoms with E-state index in [1.54, 1.807) is 4.80 Å². The molecule has 1 unspecified atom stereocenters. The van der Waals surface area contributed by atoms with Gasteiger partial charge in [-0.15, -0.1) is 10.2 Å². The largest absolute Gasteiger partial charge is 0.296 e. The summed E-state index contributed by atoms with van der Waals surface area (Å²) in [4.78, 5) is 4.26. The maximum atomic E-state index is 6.02. The highest BCUT2D eigenvalue weighted by Gasteiger charge is 2.25. The van der Waals surface area contributed by atoms with Crippen molar-refractivity contribution in [2.24, 2.45) is 0 Å². The first-order valence-corrected chi connectivity index (χ1v) is 9.50. The van der Waals surface area contributed by atoms with Gasteiger partial charge in [0.05, 0.1) is 6.54 Å². The molecular formula is C20H22ClN5. The van der Waals surface area contributed by atoms with E-state index in [-0.39, 0.29) is 0 Å². The molecule has 1 aliphatic heterocycles. The average Bonchev–Trinajstić information content (AvgIpc) is 3.33. The summed E-state index contributed by atoms with van der Waals surface area (Å²) in [5.74, 6) is 0.686. The molecule has 0 amide bonds. The van der Waals surface area contributed by atoms with Crippen molar-refractivity contribution in [2.45, 2.75) is 31.8 Å². The van der Waals surface area contributed by atoms with Gasteiger partial charge in [-0.2, -0.15) is 4.80 Å². The molecule has 1 aliphatic rings. The van der Waals surface area contributed by atoms with Gasteiger partial charge in [-0.3, -0.25) is 4.90 Å². The van der Waals surface area contributed by atoms with E-state index in [0.29, 0.717) is 11.9 Å². The van der Waals surface area contributed by atoms with E-state index in [9.17, 15) is 0 Å².